The Morgan fingerprint density at radius 3 is 2.88 bits per heavy atom. The van der Waals surface area contributed by atoms with Gasteiger partial charge in [0, 0.05) is 19.3 Å². The topological polar surface area (TPSA) is 53.0 Å². The third-order valence-electron chi connectivity index (χ3n) is 2.55. The lowest BCUT2D eigenvalue weighted by Crippen LogP contribution is -2.17. The fraction of sp³-hybridized carbons (Fsp3) is 0.154. The quantitative estimate of drug-likeness (QED) is 0.843. The number of nitrogens with two attached hydrogens (primary N) is 1. The van der Waals surface area contributed by atoms with Gasteiger partial charge in [-0.25, -0.2) is 0 Å². The Balaban J connectivity index is 2.25. The van der Waals surface area contributed by atoms with Crippen molar-refractivity contribution in [3.8, 4) is 6.07 Å². The van der Waals surface area contributed by atoms with Crippen LogP contribution in [0.4, 0.5) is 11.4 Å². The number of hydrogen-bond donors (Lipinski definition) is 1. The molecule has 1 aromatic carbocycles. The SMILES string of the molecule is CN(Cc1ccsc1)c1ccc(N)cc1C#N. The maximum Gasteiger partial charge on any atom is 0.101 e. The van der Waals surface area contributed by atoms with E-state index in [4.69, 9.17) is 11.0 Å². The maximum absolute atomic E-state index is 9.09. The van der Waals surface area contributed by atoms with Crippen molar-refractivity contribution in [2.45, 2.75) is 6.54 Å². The van der Waals surface area contributed by atoms with Gasteiger partial charge in [-0.05, 0) is 40.6 Å². The molecule has 1 aromatic heterocycles. The van der Waals surface area contributed by atoms with Crippen LogP contribution in [-0.2, 0) is 6.54 Å². The van der Waals surface area contributed by atoms with Gasteiger partial charge in [0.25, 0.3) is 0 Å². The van der Waals surface area contributed by atoms with Crippen molar-refractivity contribution in [3.05, 3.63) is 46.2 Å². The van der Waals surface area contributed by atoms with E-state index in [1.54, 1.807) is 17.4 Å². The molecular formula is C13H13N3S. The first-order valence-corrected chi connectivity index (χ1v) is 6.17. The molecule has 0 unspecified atom stereocenters. The maximum atomic E-state index is 9.09. The molecule has 2 aromatic rings. The summed E-state index contributed by atoms with van der Waals surface area (Å²) in [7, 11) is 1.98. The predicted octanol–water partition coefficient (Wildman–Crippen LogP) is 2.84. The highest BCUT2D eigenvalue weighted by Crippen LogP contribution is 2.23. The van der Waals surface area contributed by atoms with Crippen LogP contribution in [0.25, 0.3) is 0 Å². The Morgan fingerprint density at radius 2 is 2.24 bits per heavy atom. The van der Waals surface area contributed by atoms with Crippen molar-refractivity contribution in [2.24, 2.45) is 0 Å². The summed E-state index contributed by atoms with van der Waals surface area (Å²) >= 11 is 1.68. The molecule has 0 aliphatic heterocycles. The molecule has 0 atom stereocenters. The van der Waals surface area contributed by atoms with Crippen LogP contribution in [0.1, 0.15) is 11.1 Å². The minimum atomic E-state index is 0.614. The first-order chi connectivity index (χ1) is 8.20. The molecule has 0 bridgehead atoms. The average molecular weight is 243 g/mol. The number of nitriles is 1. The molecule has 86 valence electrons. The van der Waals surface area contributed by atoms with Gasteiger partial charge in [0.15, 0.2) is 0 Å². The number of nitrogens with zero attached hydrogens (tertiary/aromatic N) is 2. The lowest BCUT2D eigenvalue weighted by atomic mass is 10.1. The van der Waals surface area contributed by atoms with E-state index >= 15 is 0 Å². The van der Waals surface area contributed by atoms with Crippen molar-refractivity contribution < 1.29 is 0 Å². The summed E-state index contributed by atoms with van der Waals surface area (Å²) in [6.07, 6.45) is 0. The van der Waals surface area contributed by atoms with E-state index < -0.39 is 0 Å². The Kier molecular flexibility index (Phi) is 3.31. The highest BCUT2D eigenvalue weighted by molar-refractivity contribution is 7.07. The van der Waals surface area contributed by atoms with Gasteiger partial charge in [0.2, 0.25) is 0 Å². The highest BCUT2D eigenvalue weighted by Gasteiger charge is 2.08. The Labute approximate surface area is 105 Å². The fourth-order valence-electron chi connectivity index (χ4n) is 1.72. The summed E-state index contributed by atoms with van der Waals surface area (Å²) in [5.41, 5.74) is 9.06. The number of hydrogen-bond acceptors (Lipinski definition) is 4. The zero-order valence-corrected chi connectivity index (χ0v) is 10.4. The van der Waals surface area contributed by atoms with Crippen molar-refractivity contribution in [1.82, 2.24) is 0 Å². The van der Waals surface area contributed by atoms with Crippen molar-refractivity contribution in [1.29, 1.82) is 5.26 Å². The normalized spacial score (nSPS) is 9.88. The van der Waals surface area contributed by atoms with Crippen molar-refractivity contribution in [3.63, 3.8) is 0 Å². The van der Waals surface area contributed by atoms with Gasteiger partial charge in [-0.15, -0.1) is 0 Å². The van der Waals surface area contributed by atoms with Gasteiger partial charge in [-0.3, -0.25) is 0 Å². The number of nitrogen functional groups attached to an aromatic ring is 1. The van der Waals surface area contributed by atoms with E-state index in [0.29, 0.717) is 11.3 Å². The molecule has 1 heterocycles. The molecule has 2 rings (SSSR count). The van der Waals surface area contributed by atoms with E-state index in [9.17, 15) is 0 Å². The third-order valence-corrected chi connectivity index (χ3v) is 3.28. The monoisotopic (exact) mass is 243 g/mol. The van der Waals surface area contributed by atoms with Gasteiger partial charge < -0.3 is 10.6 Å². The summed E-state index contributed by atoms with van der Waals surface area (Å²) in [4.78, 5) is 2.06. The first kappa shape index (κ1) is 11.5. The average Bonchev–Trinajstić information content (AvgIpc) is 2.81. The van der Waals surface area contributed by atoms with E-state index in [-0.39, 0.29) is 0 Å². The molecule has 0 saturated carbocycles. The fourth-order valence-corrected chi connectivity index (χ4v) is 2.38. The molecule has 0 amide bonds. The Bertz CT molecular complexity index is 540. The molecule has 0 saturated heterocycles. The third kappa shape index (κ3) is 2.58. The number of rotatable bonds is 3. The molecule has 3 nitrogen and oxygen atoms in total. The molecule has 0 radical (unpaired) electrons. The molecule has 0 fully saturated rings. The van der Waals surface area contributed by atoms with Crippen LogP contribution >= 0.6 is 11.3 Å². The molecule has 4 heteroatoms. The Hall–Kier alpha value is -1.99. The zero-order valence-electron chi connectivity index (χ0n) is 9.55. The van der Waals surface area contributed by atoms with E-state index in [2.05, 4.69) is 27.8 Å². The minimum Gasteiger partial charge on any atom is -0.399 e. The second-order valence-electron chi connectivity index (χ2n) is 3.88. The van der Waals surface area contributed by atoms with Crippen LogP contribution in [-0.4, -0.2) is 7.05 Å². The smallest absolute Gasteiger partial charge is 0.101 e. The van der Waals surface area contributed by atoms with Gasteiger partial charge in [0.1, 0.15) is 6.07 Å². The zero-order chi connectivity index (χ0) is 12.3. The standard InChI is InChI=1S/C13H13N3S/c1-16(8-10-4-5-17-9-10)13-3-2-12(15)6-11(13)7-14/h2-6,9H,8,15H2,1H3. The summed E-state index contributed by atoms with van der Waals surface area (Å²) in [6, 6.07) is 9.68. The summed E-state index contributed by atoms with van der Waals surface area (Å²) in [5, 5.41) is 13.3. The molecule has 17 heavy (non-hydrogen) atoms. The second-order valence-corrected chi connectivity index (χ2v) is 4.66. The van der Waals surface area contributed by atoms with Crippen LogP contribution in [0.15, 0.2) is 35.0 Å². The van der Waals surface area contributed by atoms with Gasteiger partial charge in [0.05, 0.1) is 11.3 Å². The molecule has 0 spiro atoms. The first-order valence-electron chi connectivity index (χ1n) is 5.22. The van der Waals surface area contributed by atoms with Crippen LogP contribution in [0.5, 0.6) is 0 Å². The Morgan fingerprint density at radius 1 is 1.41 bits per heavy atom. The van der Waals surface area contributed by atoms with Crippen LogP contribution in [0.2, 0.25) is 0 Å². The number of thiophene rings is 1. The lowest BCUT2D eigenvalue weighted by Gasteiger charge is -2.20. The summed E-state index contributed by atoms with van der Waals surface area (Å²) < 4.78 is 0. The minimum absolute atomic E-state index is 0.614. The van der Waals surface area contributed by atoms with Crippen LogP contribution in [0.3, 0.4) is 0 Å². The number of anilines is 2. The van der Waals surface area contributed by atoms with Gasteiger partial charge in [-0.2, -0.15) is 16.6 Å². The van der Waals surface area contributed by atoms with E-state index in [1.807, 2.05) is 19.2 Å². The second kappa shape index (κ2) is 4.89. The molecule has 0 aliphatic rings. The van der Waals surface area contributed by atoms with E-state index in [0.717, 1.165) is 12.2 Å². The number of benzene rings is 1. The molecular weight excluding hydrogens is 230 g/mol. The summed E-state index contributed by atoms with van der Waals surface area (Å²) in [5.74, 6) is 0. The molecule has 2 N–H and O–H groups in total. The lowest BCUT2D eigenvalue weighted by molar-refractivity contribution is 0.925. The van der Waals surface area contributed by atoms with Crippen LogP contribution in [0, 0.1) is 11.3 Å². The van der Waals surface area contributed by atoms with Gasteiger partial charge in [-0.1, -0.05) is 0 Å². The highest BCUT2D eigenvalue weighted by atomic mass is 32.1. The molecule has 0 aliphatic carbocycles. The van der Waals surface area contributed by atoms with Crippen LogP contribution < -0.4 is 10.6 Å². The largest absolute Gasteiger partial charge is 0.399 e. The van der Waals surface area contributed by atoms with Crippen molar-refractivity contribution >= 4 is 22.7 Å². The van der Waals surface area contributed by atoms with Crippen molar-refractivity contribution in [2.75, 3.05) is 17.7 Å². The van der Waals surface area contributed by atoms with E-state index in [1.165, 1.54) is 5.56 Å². The summed E-state index contributed by atoms with van der Waals surface area (Å²) in [6.45, 7) is 0.794. The predicted molar refractivity (Wildman–Crippen MR) is 72.0 cm³/mol. The van der Waals surface area contributed by atoms with Gasteiger partial charge >= 0.3 is 0 Å².